The minimum atomic E-state index is -4.88. The SMILES string of the molecule is CCCCc1c2c(cc(C(=O)c3ccccc3N3CCN(C)CC3)c1N1CCCCC1N)-c1ccccc1C2C(=O)NC(F)(F)F. The Morgan fingerprint density at radius 1 is 0.935 bits per heavy atom. The molecule has 46 heavy (non-hydrogen) atoms. The Hall–Kier alpha value is -3.89. The van der Waals surface area contributed by atoms with Gasteiger partial charge in [-0.25, -0.2) is 0 Å². The van der Waals surface area contributed by atoms with Crippen LogP contribution in [0.4, 0.5) is 24.5 Å². The van der Waals surface area contributed by atoms with E-state index in [0.717, 1.165) is 69.5 Å². The molecule has 0 radical (unpaired) electrons. The van der Waals surface area contributed by atoms with Gasteiger partial charge < -0.3 is 20.4 Å². The van der Waals surface area contributed by atoms with Gasteiger partial charge in [-0.05, 0) is 85.2 Å². The third kappa shape index (κ3) is 6.12. The van der Waals surface area contributed by atoms with Crippen LogP contribution in [0.2, 0.25) is 0 Å². The van der Waals surface area contributed by atoms with Crippen molar-refractivity contribution in [3.8, 4) is 11.1 Å². The van der Waals surface area contributed by atoms with Crippen LogP contribution in [0.5, 0.6) is 0 Å². The molecule has 2 unspecified atom stereocenters. The first-order valence-electron chi connectivity index (χ1n) is 16.4. The van der Waals surface area contributed by atoms with E-state index in [1.807, 2.05) is 42.5 Å². The van der Waals surface area contributed by atoms with Gasteiger partial charge in [-0.3, -0.25) is 14.9 Å². The van der Waals surface area contributed by atoms with Crippen molar-refractivity contribution in [1.82, 2.24) is 10.2 Å². The smallest absolute Gasteiger partial charge is 0.368 e. The molecule has 3 aromatic rings. The lowest BCUT2D eigenvalue weighted by Crippen LogP contribution is -2.47. The summed E-state index contributed by atoms with van der Waals surface area (Å²) in [4.78, 5) is 35.0. The van der Waals surface area contributed by atoms with Gasteiger partial charge in [0, 0.05) is 49.5 Å². The number of hydrogen-bond donors (Lipinski definition) is 2. The number of hydrogen-bond acceptors (Lipinski definition) is 6. The summed E-state index contributed by atoms with van der Waals surface area (Å²) in [6.07, 6.45) is -0.612. The minimum Gasteiger partial charge on any atom is -0.368 e. The molecule has 3 N–H and O–H groups in total. The highest BCUT2D eigenvalue weighted by atomic mass is 19.4. The second kappa shape index (κ2) is 13.1. The van der Waals surface area contributed by atoms with Crippen LogP contribution in [0.15, 0.2) is 54.6 Å². The standard InChI is InChI=1S/C36H42F3N5O2/c1-3-4-11-26-31-27(23-12-5-6-13-24(23)32(31)35(46)41-36(37,38)39)22-28(33(26)44-17-10-9-16-30(44)40)34(45)25-14-7-8-15-29(25)43-20-18-42(2)19-21-43/h5-8,12-15,22,30,32H,3-4,9-11,16-21,40H2,1-2H3,(H,41,46). The third-order valence-electron chi connectivity index (χ3n) is 9.68. The first-order chi connectivity index (χ1) is 22.1. The van der Waals surface area contributed by atoms with Gasteiger partial charge in [0.05, 0.1) is 17.8 Å². The molecule has 0 aromatic heterocycles. The lowest BCUT2D eigenvalue weighted by molar-refractivity contribution is -0.170. The number of nitrogens with two attached hydrogens (primary N) is 1. The largest absolute Gasteiger partial charge is 0.484 e. The van der Waals surface area contributed by atoms with Gasteiger partial charge in [0.25, 0.3) is 0 Å². The normalized spacial score (nSPS) is 20.0. The van der Waals surface area contributed by atoms with Gasteiger partial charge in [0.1, 0.15) is 0 Å². The number of likely N-dealkylation sites (N-methyl/N-ethyl adjacent to an activating group) is 1. The van der Waals surface area contributed by atoms with Crippen LogP contribution in [0, 0.1) is 0 Å². The maximum Gasteiger partial charge on any atom is 0.484 e. The van der Waals surface area contributed by atoms with E-state index in [9.17, 15) is 22.8 Å². The molecule has 2 saturated heterocycles. The lowest BCUT2D eigenvalue weighted by Gasteiger charge is -2.39. The number of nitrogens with one attached hydrogen (secondary N) is 1. The Morgan fingerprint density at radius 2 is 1.65 bits per heavy atom. The van der Waals surface area contributed by atoms with Crippen molar-refractivity contribution in [3.05, 3.63) is 82.4 Å². The molecule has 0 saturated carbocycles. The van der Waals surface area contributed by atoms with E-state index in [2.05, 4.69) is 28.7 Å². The number of anilines is 2. The zero-order valence-corrected chi connectivity index (χ0v) is 26.5. The number of fused-ring (bicyclic) bond motifs is 3. The van der Waals surface area contributed by atoms with Gasteiger partial charge in [0.2, 0.25) is 5.91 Å². The molecule has 2 heterocycles. The van der Waals surface area contributed by atoms with Crippen molar-refractivity contribution in [2.24, 2.45) is 5.73 Å². The summed E-state index contributed by atoms with van der Waals surface area (Å²) in [5, 5.41) is 1.29. The predicted molar refractivity (Wildman–Crippen MR) is 175 cm³/mol. The number of para-hydroxylation sites is 1. The van der Waals surface area contributed by atoms with E-state index >= 15 is 0 Å². The first-order valence-corrected chi connectivity index (χ1v) is 16.4. The number of carbonyl (C=O) groups excluding carboxylic acids is 2. The number of alkyl halides is 3. The van der Waals surface area contributed by atoms with Crippen molar-refractivity contribution in [2.45, 2.75) is 63.8 Å². The molecule has 2 fully saturated rings. The highest BCUT2D eigenvalue weighted by Gasteiger charge is 2.43. The second-order valence-electron chi connectivity index (χ2n) is 12.7. The van der Waals surface area contributed by atoms with Gasteiger partial charge in [-0.15, -0.1) is 0 Å². The molecule has 3 aromatic carbocycles. The van der Waals surface area contributed by atoms with E-state index in [1.54, 1.807) is 12.1 Å². The predicted octanol–water partition coefficient (Wildman–Crippen LogP) is 6.04. The van der Waals surface area contributed by atoms with E-state index in [4.69, 9.17) is 5.73 Å². The summed E-state index contributed by atoms with van der Waals surface area (Å²) >= 11 is 0. The maximum absolute atomic E-state index is 15.0. The molecule has 7 nitrogen and oxygen atoms in total. The van der Waals surface area contributed by atoms with E-state index in [1.165, 1.54) is 5.32 Å². The molecule has 6 rings (SSSR count). The van der Waals surface area contributed by atoms with Crippen LogP contribution in [-0.4, -0.2) is 68.8 Å². The minimum absolute atomic E-state index is 0.150. The van der Waals surface area contributed by atoms with Crippen molar-refractivity contribution in [3.63, 3.8) is 0 Å². The first kappa shape index (κ1) is 32.1. The number of piperazine rings is 1. The quantitative estimate of drug-likeness (QED) is 0.233. The van der Waals surface area contributed by atoms with Gasteiger partial charge in [-0.1, -0.05) is 49.7 Å². The number of nitrogens with zero attached hydrogens (tertiary/aromatic N) is 3. The highest BCUT2D eigenvalue weighted by Crippen LogP contribution is 2.51. The van der Waals surface area contributed by atoms with Crippen LogP contribution < -0.4 is 20.9 Å². The summed E-state index contributed by atoms with van der Waals surface area (Å²) in [6.45, 7) is 6.02. The number of ketones is 1. The number of piperidine rings is 1. The summed E-state index contributed by atoms with van der Waals surface area (Å²) in [5.41, 5.74) is 12.5. The number of halogens is 3. The highest BCUT2D eigenvalue weighted by molar-refractivity contribution is 6.17. The number of carbonyl (C=O) groups is 2. The van der Waals surface area contributed by atoms with E-state index in [0.29, 0.717) is 52.0 Å². The van der Waals surface area contributed by atoms with Crippen LogP contribution in [-0.2, 0) is 11.2 Å². The van der Waals surface area contributed by atoms with E-state index in [-0.39, 0.29) is 11.9 Å². The Morgan fingerprint density at radius 3 is 2.37 bits per heavy atom. The monoisotopic (exact) mass is 633 g/mol. The number of rotatable bonds is 8. The average molecular weight is 634 g/mol. The van der Waals surface area contributed by atoms with Gasteiger partial charge >= 0.3 is 6.30 Å². The van der Waals surface area contributed by atoms with E-state index < -0.39 is 18.1 Å². The molecular formula is C36H42F3N5O2. The van der Waals surface area contributed by atoms with Gasteiger partial charge in [0.15, 0.2) is 5.78 Å². The fraction of sp³-hybridized carbons (Fsp3) is 0.444. The Kier molecular flexibility index (Phi) is 9.12. The molecule has 3 aliphatic rings. The molecule has 0 spiro atoms. The zero-order chi connectivity index (χ0) is 32.6. The Labute approximate surface area is 268 Å². The van der Waals surface area contributed by atoms with Crippen molar-refractivity contribution in [1.29, 1.82) is 0 Å². The molecule has 1 aliphatic carbocycles. The van der Waals surface area contributed by atoms with Crippen molar-refractivity contribution < 1.29 is 22.8 Å². The number of amides is 1. The number of benzene rings is 3. The molecule has 1 amide bonds. The fourth-order valence-electron chi connectivity index (χ4n) is 7.41. The summed E-state index contributed by atoms with van der Waals surface area (Å²) < 4.78 is 40.8. The van der Waals surface area contributed by atoms with Crippen LogP contribution >= 0.6 is 0 Å². The molecule has 0 bridgehead atoms. The Bertz CT molecular complexity index is 1620. The van der Waals surface area contributed by atoms with Crippen molar-refractivity contribution in [2.75, 3.05) is 49.6 Å². The van der Waals surface area contributed by atoms with Crippen LogP contribution in [0.25, 0.3) is 11.1 Å². The van der Waals surface area contributed by atoms with Crippen molar-refractivity contribution >= 4 is 23.1 Å². The van der Waals surface area contributed by atoms with Crippen LogP contribution in [0.1, 0.15) is 77.6 Å². The molecular weight excluding hydrogens is 591 g/mol. The fourth-order valence-corrected chi connectivity index (χ4v) is 7.41. The van der Waals surface area contributed by atoms with Gasteiger partial charge in [-0.2, -0.15) is 13.2 Å². The topological polar surface area (TPSA) is 81.9 Å². The lowest BCUT2D eigenvalue weighted by atomic mass is 9.84. The summed E-state index contributed by atoms with van der Waals surface area (Å²) in [6, 6.07) is 16.6. The molecule has 2 aliphatic heterocycles. The third-order valence-corrected chi connectivity index (χ3v) is 9.68. The molecule has 244 valence electrons. The Balaban J connectivity index is 1.60. The molecule has 2 atom stereocenters. The zero-order valence-electron chi connectivity index (χ0n) is 26.5. The van der Waals surface area contributed by atoms with Crippen LogP contribution in [0.3, 0.4) is 0 Å². The molecule has 10 heteroatoms. The summed E-state index contributed by atoms with van der Waals surface area (Å²) in [7, 11) is 2.09. The second-order valence-corrected chi connectivity index (χ2v) is 12.7. The number of unbranched alkanes of at least 4 members (excludes halogenated alkanes) is 1. The average Bonchev–Trinajstić information content (AvgIpc) is 3.37. The summed E-state index contributed by atoms with van der Waals surface area (Å²) in [5.74, 6) is -2.44. The maximum atomic E-state index is 15.0.